The zero-order chi connectivity index (χ0) is 14.9. The van der Waals surface area contributed by atoms with E-state index < -0.39 is 5.66 Å². The van der Waals surface area contributed by atoms with Crippen LogP contribution in [0.4, 0.5) is 5.69 Å². The summed E-state index contributed by atoms with van der Waals surface area (Å²) >= 11 is 0. The Morgan fingerprint density at radius 2 is 1.71 bits per heavy atom. The lowest BCUT2D eigenvalue weighted by Crippen LogP contribution is -2.55. The maximum absolute atomic E-state index is 12.6. The Bertz CT molecular complexity index is 653. The van der Waals surface area contributed by atoms with Gasteiger partial charge in [-0.25, -0.2) is 0 Å². The molecule has 3 rings (SSSR count). The summed E-state index contributed by atoms with van der Waals surface area (Å²) in [6.07, 6.45) is 0. The quantitative estimate of drug-likeness (QED) is 0.938. The van der Waals surface area contributed by atoms with Crippen molar-refractivity contribution in [2.75, 3.05) is 5.32 Å². The van der Waals surface area contributed by atoms with E-state index in [1.807, 2.05) is 62.4 Å². The van der Waals surface area contributed by atoms with Crippen LogP contribution in [0.15, 0.2) is 54.6 Å². The van der Waals surface area contributed by atoms with Crippen molar-refractivity contribution in [2.45, 2.75) is 26.1 Å². The molecule has 0 bridgehead atoms. The molecule has 0 aliphatic carbocycles. The van der Waals surface area contributed by atoms with E-state index in [2.05, 4.69) is 5.32 Å². The molecule has 0 saturated heterocycles. The van der Waals surface area contributed by atoms with Gasteiger partial charge in [0.2, 0.25) is 0 Å². The average molecular weight is 282 g/mol. The van der Waals surface area contributed by atoms with Crippen molar-refractivity contribution in [3.05, 3.63) is 65.7 Å². The topological polar surface area (TPSA) is 41.6 Å². The zero-order valence-corrected chi connectivity index (χ0v) is 12.2. The third kappa shape index (κ3) is 2.62. The molecule has 4 heteroatoms. The van der Waals surface area contributed by atoms with Gasteiger partial charge in [0.05, 0.1) is 5.56 Å². The van der Waals surface area contributed by atoms with Crippen LogP contribution in [0.5, 0.6) is 0 Å². The molecule has 1 amide bonds. The number of carbonyl (C=O) groups is 1. The van der Waals surface area contributed by atoms with Crippen LogP contribution in [-0.2, 0) is 11.4 Å². The van der Waals surface area contributed by atoms with Gasteiger partial charge in [-0.3, -0.25) is 9.63 Å². The Morgan fingerprint density at radius 3 is 2.48 bits per heavy atom. The van der Waals surface area contributed by atoms with Crippen LogP contribution < -0.4 is 5.32 Å². The predicted octanol–water partition coefficient (Wildman–Crippen LogP) is 3.42. The van der Waals surface area contributed by atoms with Crippen LogP contribution in [0.1, 0.15) is 29.8 Å². The van der Waals surface area contributed by atoms with Crippen molar-refractivity contribution in [3.63, 3.8) is 0 Å². The Labute approximate surface area is 124 Å². The monoisotopic (exact) mass is 282 g/mol. The molecule has 0 unspecified atom stereocenters. The van der Waals surface area contributed by atoms with E-state index in [0.29, 0.717) is 12.2 Å². The standard InChI is InChI=1S/C17H18N2O2/c1-17(2)18-15-11-7-6-10-14(15)16(20)19(17)21-12-13-8-4-3-5-9-13/h3-11,18H,12H2,1-2H3. The Hall–Kier alpha value is -2.33. The molecule has 0 fully saturated rings. The molecule has 1 N–H and O–H groups in total. The third-order valence-corrected chi connectivity index (χ3v) is 3.49. The molecule has 2 aromatic carbocycles. The van der Waals surface area contributed by atoms with E-state index in [1.165, 1.54) is 5.06 Å². The molecule has 0 spiro atoms. The van der Waals surface area contributed by atoms with Crippen LogP contribution in [0, 0.1) is 0 Å². The summed E-state index contributed by atoms with van der Waals surface area (Å²) in [6.45, 7) is 4.21. The van der Waals surface area contributed by atoms with Crippen molar-refractivity contribution < 1.29 is 9.63 Å². The molecule has 0 radical (unpaired) electrons. The minimum Gasteiger partial charge on any atom is -0.361 e. The number of benzene rings is 2. The van der Waals surface area contributed by atoms with Crippen molar-refractivity contribution >= 4 is 11.6 Å². The summed E-state index contributed by atoms with van der Waals surface area (Å²) in [4.78, 5) is 18.4. The van der Waals surface area contributed by atoms with Gasteiger partial charge in [0, 0.05) is 5.69 Å². The number of para-hydroxylation sites is 1. The van der Waals surface area contributed by atoms with Crippen LogP contribution >= 0.6 is 0 Å². The maximum Gasteiger partial charge on any atom is 0.281 e. The molecule has 1 aliphatic rings. The van der Waals surface area contributed by atoms with Crippen molar-refractivity contribution in [3.8, 4) is 0 Å². The number of hydrogen-bond acceptors (Lipinski definition) is 3. The number of hydroxylamine groups is 2. The van der Waals surface area contributed by atoms with Crippen LogP contribution in [0.3, 0.4) is 0 Å². The van der Waals surface area contributed by atoms with Crippen LogP contribution in [-0.4, -0.2) is 16.6 Å². The van der Waals surface area contributed by atoms with E-state index in [9.17, 15) is 4.79 Å². The summed E-state index contributed by atoms with van der Waals surface area (Å²) in [5.41, 5.74) is 1.90. The number of nitrogens with one attached hydrogen (secondary N) is 1. The van der Waals surface area contributed by atoms with Gasteiger partial charge in [0.1, 0.15) is 12.3 Å². The van der Waals surface area contributed by atoms with Gasteiger partial charge in [-0.1, -0.05) is 42.5 Å². The van der Waals surface area contributed by atoms with Gasteiger partial charge in [-0.15, -0.1) is 0 Å². The second kappa shape index (κ2) is 5.22. The molecular formula is C17H18N2O2. The van der Waals surface area contributed by atoms with Crippen molar-refractivity contribution in [2.24, 2.45) is 0 Å². The summed E-state index contributed by atoms with van der Waals surface area (Å²) in [7, 11) is 0. The minimum atomic E-state index is -0.597. The van der Waals surface area contributed by atoms with E-state index in [0.717, 1.165) is 11.3 Å². The van der Waals surface area contributed by atoms with Gasteiger partial charge in [-0.05, 0) is 31.5 Å². The first-order valence-corrected chi connectivity index (χ1v) is 6.96. The first-order chi connectivity index (χ1) is 10.1. The molecule has 0 atom stereocenters. The Balaban J connectivity index is 1.83. The number of hydrogen-bond donors (Lipinski definition) is 1. The summed E-state index contributed by atoms with van der Waals surface area (Å²) in [5.74, 6) is -0.120. The number of amides is 1. The lowest BCUT2D eigenvalue weighted by molar-refractivity contribution is -0.179. The summed E-state index contributed by atoms with van der Waals surface area (Å²) < 4.78 is 0. The number of fused-ring (bicyclic) bond motifs is 1. The normalized spacial score (nSPS) is 16.3. The third-order valence-electron chi connectivity index (χ3n) is 3.49. The largest absolute Gasteiger partial charge is 0.361 e. The summed E-state index contributed by atoms with van der Waals surface area (Å²) in [5, 5.41) is 4.75. The highest BCUT2D eigenvalue weighted by Crippen LogP contribution is 2.31. The van der Waals surface area contributed by atoms with Gasteiger partial charge in [0.25, 0.3) is 5.91 Å². The fourth-order valence-electron chi connectivity index (χ4n) is 2.46. The summed E-state index contributed by atoms with van der Waals surface area (Å²) in [6, 6.07) is 17.3. The Morgan fingerprint density at radius 1 is 1.05 bits per heavy atom. The highest BCUT2D eigenvalue weighted by atomic mass is 16.7. The SMILES string of the molecule is CC1(C)Nc2ccccc2C(=O)N1OCc1ccccc1. The van der Waals surface area contributed by atoms with Crippen LogP contribution in [0.25, 0.3) is 0 Å². The molecular weight excluding hydrogens is 264 g/mol. The van der Waals surface area contributed by atoms with Crippen molar-refractivity contribution in [1.82, 2.24) is 5.06 Å². The average Bonchev–Trinajstić information content (AvgIpc) is 2.47. The van der Waals surface area contributed by atoms with Gasteiger partial charge < -0.3 is 5.32 Å². The second-order valence-electron chi connectivity index (χ2n) is 5.59. The molecule has 1 aliphatic heterocycles. The number of nitrogens with zero attached hydrogens (tertiary/aromatic N) is 1. The van der Waals surface area contributed by atoms with E-state index in [4.69, 9.17) is 4.84 Å². The molecule has 0 saturated carbocycles. The van der Waals surface area contributed by atoms with Crippen LogP contribution in [0.2, 0.25) is 0 Å². The first-order valence-electron chi connectivity index (χ1n) is 6.96. The highest BCUT2D eigenvalue weighted by Gasteiger charge is 2.38. The fourth-order valence-corrected chi connectivity index (χ4v) is 2.46. The number of anilines is 1. The second-order valence-corrected chi connectivity index (χ2v) is 5.59. The minimum absolute atomic E-state index is 0.120. The molecule has 1 heterocycles. The van der Waals surface area contributed by atoms with Crippen molar-refractivity contribution in [1.29, 1.82) is 0 Å². The molecule has 0 aromatic heterocycles. The lowest BCUT2D eigenvalue weighted by Gasteiger charge is -2.42. The van der Waals surface area contributed by atoms with E-state index >= 15 is 0 Å². The predicted molar refractivity (Wildman–Crippen MR) is 81.5 cm³/mol. The smallest absolute Gasteiger partial charge is 0.281 e. The molecule has 108 valence electrons. The molecule has 2 aromatic rings. The molecule has 4 nitrogen and oxygen atoms in total. The van der Waals surface area contributed by atoms with Gasteiger partial charge in [-0.2, -0.15) is 5.06 Å². The van der Waals surface area contributed by atoms with E-state index in [-0.39, 0.29) is 5.91 Å². The lowest BCUT2D eigenvalue weighted by atomic mass is 10.0. The van der Waals surface area contributed by atoms with E-state index in [1.54, 1.807) is 6.07 Å². The van der Waals surface area contributed by atoms with Gasteiger partial charge >= 0.3 is 0 Å². The zero-order valence-electron chi connectivity index (χ0n) is 12.2. The maximum atomic E-state index is 12.6. The molecule has 21 heavy (non-hydrogen) atoms. The van der Waals surface area contributed by atoms with Gasteiger partial charge in [0.15, 0.2) is 0 Å². The Kier molecular flexibility index (Phi) is 3.39. The highest BCUT2D eigenvalue weighted by molar-refractivity contribution is 6.01. The fraction of sp³-hybridized carbons (Fsp3) is 0.235. The number of carbonyl (C=O) groups excluding carboxylic acids is 1. The number of rotatable bonds is 3. The first kappa shape index (κ1) is 13.6.